The minimum atomic E-state index is 0.218. The Balaban J connectivity index is 2.06. The van der Waals surface area contributed by atoms with Gasteiger partial charge in [-0.3, -0.25) is 0 Å². The Morgan fingerprint density at radius 1 is 1.67 bits per heavy atom. The topological polar surface area (TPSA) is 32.3 Å². The summed E-state index contributed by atoms with van der Waals surface area (Å²) in [6.45, 7) is 4.59. The fraction of sp³-hybridized carbons (Fsp3) is 0.714. The smallest absolute Gasteiger partial charge is 0.102 e. The summed E-state index contributed by atoms with van der Waals surface area (Å²) >= 11 is 0. The van der Waals surface area contributed by atoms with E-state index in [2.05, 4.69) is 11.9 Å². The van der Waals surface area contributed by atoms with Crippen molar-refractivity contribution in [2.24, 2.45) is 11.8 Å². The zero-order valence-electron chi connectivity index (χ0n) is 5.30. The molecule has 1 saturated carbocycles. The maximum Gasteiger partial charge on any atom is 0.102 e. The lowest BCUT2D eigenvalue weighted by atomic mass is 10.2. The molecule has 2 rings (SSSR count). The van der Waals surface area contributed by atoms with Crippen molar-refractivity contribution in [1.82, 2.24) is 5.32 Å². The summed E-state index contributed by atoms with van der Waals surface area (Å²) < 4.78 is 0. The van der Waals surface area contributed by atoms with Crippen molar-refractivity contribution in [3.63, 3.8) is 0 Å². The summed E-state index contributed by atoms with van der Waals surface area (Å²) in [7, 11) is 0. The second-order valence-electron chi connectivity index (χ2n) is 3.04. The van der Waals surface area contributed by atoms with E-state index in [-0.39, 0.29) is 6.04 Å². The standard InChI is InChI=1S/C7H11NO/c1-4(9)7-6-2-5(6)3-8-7/h5-9H,1-3H2. The van der Waals surface area contributed by atoms with Crippen LogP contribution in [0.15, 0.2) is 12.3 Å². The minimum Gasteiger partial charge on any atom is -0.511 e. The lowest BCUT2D eigenvalue weighted by molar-refractivity contribution is 0.343. The van der Waals surface area contributed by atoms with Crippen LogP contribution in [0.5, 0.6) is 0 Å². The molecule has 0 aromatic rings. The highest BCUT2D eigenvalue weighted by molar-refractivity contribution is 5.12. The molecule has 2 heteroatoms. The first-order chi connectivity index (χ1) is 4.29. The summed E-state index contributed by atoms with van der Waals surface area (Å²) in [4.78, 5) is 0. The molecule has 3 unspecified atom stereocenters. The van der Waals surface area contributed by atoms with Gasteiger partial charge in [0.15, 0.2) is 0 Å². The zero-order valence-corrected chi connectivity index (χ0v) is 5.30. The van der Waals surface area contributed by atoms with Gasteiger partial charge >= 0.3 is 0 Å². The van der Waals surface area contributed by atoms with E-state index in [9.17, 15) is 0 Å². The summed E-state index contributed by atoms with van der Waals surface area (Å²) in [6.07, 6.45) is 1.29. The van der Waals surface area contributed by atoms with E-state index in [4.69, 9.17) is 5.11 Å². The van der Waals surface area contributed by atoms with E-state index in [0.29, 0.717) is 11.7 Å². The monoisotopic (exact) mass is 125 g/mol. The minimum absolute atomic E-state index is 0.218. The first kappa shape index (κ1) is 5.30. The van der Waals surface area contributed by atoms with Crippen LogP contribution in [-0.2, 0) is 0 Å². The second kappa shape index (κ2) is 1.51. The quantitative estimate of drug-likeness (QED) is 0.505. The largest absolute Gasteiger partial charge is 0.511 e. The summed E-state index contributed by atoms with van der Waals surface area (Å²) in [5, 5.41) is 12.2. The van der Waals surface area contributed by atoms with Crippen LogP contribution in [0, 0.1) is 11.8 Å². The Bertz CT molecular complexity index is 155. The van der Waals surface area contributed by atoms with Crippen LogP contribution in [0.2, 0.25) is 0 Å². The molecule has 1 aliphatic heterocycles. The van der Waals surface area contributed by atoms with E-state index in [1.165, 1.54) is 6.42 Å². The Labute approximate surface area is 54.6 Å². The Morgan fingerprint density at radius 3 is 2.67 bits per heavy atom. The van der Waals surface area contributed by atoms with Gasteiger partial charge in [-0.05, 0) is 24.8 Å². The molecular formula is C7H11NO. The summed E-state index contributed by atoms with van der Waals surface area (Å²) in [6, 6.07) is 0.218. The van der Waals surface area contributed by atoms with Gasteiger partial charge in [0.25, 0.3) is 0 Å². The summed E-state index contributed by atoms with van der Waals surface area (Å²) in [5.74, 6) is 1.88. The van der Waals surface area contributed by atoms with Crippen LogP contribution in [-0.4, -0.2) is 17.7 Å². The molecule has 2 nitrogen and oxygen atoms in total. The van der Waals surface area contributed by atoms with Crippen LogP contribution in [0.25, 0.3) is 0 Å². The number of aliphatic hydroxyl groups is 1. The highest BCUT2D eigenvalue weighted by Crippen LogP contribution is 2.46. The van der Waals surface area contributed by atoms with Crippen LogP contribution in [0.1, 0.15) is 6.42 Å². The molecule has 0 radical (unpaired) electrons. The van der Waals surface area contributed by atoms with Crippen molar-refractivity contribution in [3.8, 4) is 0 Å². The molecule has 0 aromatic carbocycles. The molecule has 9 heavy (non-hydrogen) atoms. The Kier molecular flexibility index (Phi) is 0.887. The first-order valence-corrected chi connectivity index (χ1v) is 3.40. The molecule has 1 aliphatic carbocycles. The number of piperidine rings is 1. The van der Waals surface area contributed by atoms with Crippen molar-refractivity contribution in [2.75, 3.05) is 6.54 Å². The molecule has 50 valence electrons. The Morgan fingerprint density at radius 2 is 2.44 bits per heavy atom. The van der Waals surface area contributed by atoms with Crippen molar-refractivity contribution in [3.05, 3.63) is 12.3 Å². The highest BCUT2D eigenvalue weighted by atomic mass is 16.3. The lowest BCUT2D eigenvalue weighted by Crippen LogP contribution is -2.27. The van der Waals surface area contributed by atoms with E-state index in [0.717, 1.165) is 12.5 Å². The van der Waals surface area contributed by atoms with Gasteiger partial charge in [-0.15, -0.1) is 0 Å². The molecule has 0 amide bonds. The molecular weight excluding hydrogens is 114 g/mol. The third-order valence-corrected chi connectivity index (χ3v) is 2.36. The van der Waals surface area contributed by atoms with Crippen LogP contribution >= 0.6 is 0 Å². The van der Waals surface area contributed by atoms with Gasteiger partial charge in [-0.25, -0.2) is 0 Å². The maximum absolute atomic E-state index is 8.99. The van der Waals surface area contributed by atoms with Gasteiger partial charge in [-0.1, -0.05) is 6.58 Å². The lowest BCUT2D eigenvalue weighted by Gasteiger charge is -2.09. The molecule has 3 atom stereocenters. The average molecular weight is 125 g/mol. The van der Waals surface area contributed by atoms with E-state index in [1.807, 2.05) is 0 Å². The number of rotatable bonds is 1. The van der Waals surface area contributed by atoms with Gasteiger partial charge in [0.05, 0.1) is 6.04 Å². The van der Waals surface area contributed by atoms with E-state index >= 15 is 0 Å². The molecule has 0 aromatic heterocycles. The van der Waals surface area contributed by atoms with Gasteiger partial charge in [0.2, 0.25) is 0 Å². The number of fused-ring (bicyclic) bond motifs is 1. The van der Waals surface area contributed by atoms with Crippen molar-refractivity contribution in [2.45, 2.75) is 12.5 Å². The SMILES string of the molecule is C=C(O)C1NCC2CC21. The van der Waals surface area contributed by atoms with Crippen molar-refractivity contribution >= 4 is 0 Å². The van der Waals surface area contributed by atoms with Crippen molar-refractivity contribution in [1.29, 1.82) is 0 Å². The maximum atomic E-state index is 8.99. The van der Waals surface area contributed by atoms with Gasteiger partial charge < -0.3 is 10.4 Å². The molecule has 0 bridgehead atoms. The second-order valence-corrected chi connectivity index (χ2v) is 3.04. The third-order valence-electron chi connectivity index (χ3n) is 2.36. The van der Waals surface area contributed by atoms with Crippen LogP contribution in [0.4, 0.5) is 0 Å². The molecule has 2 N–H and O–H groups in total. The first-order valence-electron chi connectivity index (χ1n) is 3.40. The number of aliphatic hydroxyl groups excluding tert-OH is 1. The predicted molar refractivity (Wildman–Crippen MR) is 35.2 cm³/mol. The fourth-order valence-electron chi connectivity index (χ4n) is 1.71. The molecule has 2 aliphatic rings. The van der Waals surface area contributed by atoms with E-state index < -0.39 is 0 Å². The van der Waals surface area contributed by atoms with Crippen LogP contribution < -0.4 is 5.32 Å². The van der Waals surface area contributed by atoms with Gasteiger partial charge in [0.1, 0.15) is 5.76 Å². The van der Waals surface area contributed by atoms with Crippen LogP contribution in [0.3, 0.4) is 0 Å². The number of hydrogen-bond acceptors (Lipinski definition) is 2. The summed E-state index contributed by atoms with van der Waals surface area (Å²) in [5.41, 5.74) is 0. The number of nitrogens with one attached hydrogen (secondary N) is 1. The third kappa shape index (κ3) is 0.663. The fourth-order valence-corrected chi connectivity index (χ4v) is 1.71. The average Bonchev–Trinajstić information content (AvgIpc) is 2.43. The highest BCUT2D eigenvalue weighted by Gasteiger charge is 2.49. The van der Waals surface area contributed by atoms with Gasteiger partial charge in [-0.2, -0.15) is 0 Å². The van der Waals surface area contributed by atoms with Crippen molar-refractivity contribution < 1.29 is 5.11 Å². The van der Waals surface area contributed by atoms with E-state index in [1.54, 1.807) is 0 Å². The zero-order chi connectivity index (χ0) is 6.43. The van der Waals surface area contributed by atoms with Gasteiger partial charge in [0, 0.05) is 0 Å². The number of hydrogen-bond donors (Lipinski definition) is 2. The molecule has 2 fully saturated rings. The molecule has 0 spiro atoms. The Hall–Kier alpha value is -0.500. The molecule has 1 heterocycles. The molecule has 1 saturated heterocycles. The predicted octanol–water partition coefficient (Wildman–Crippen LogP) is 0.666. The normalized spacial score (nSPS) is 46.4.